The van der Waals surface area contributed by atoms with E-state index in [2.05, 4.69) is 20.8 Å². The van der Waals surface area contributed by atoms with Gasteiger partial charge in [0, 0.05) is 12.1 Å². The van der Waals surface area contributed by atoms with Gasteiger partial charge in [0.1, 0.15) is 6.04 Å². The Morgan fingerprint density at radius 1 is 1.20 bits per heavy atom. The van der Waals surface area contributed by atoms with Gasteiger partial charge in [-0.2, -0.15) is 0 Å². The standard InChI is InChI=1S/C16H21NO3/c1-16(2,3)12-8-6-11(7-9-12)14(18)17-10-4-5-13(17)15(19)20/h6-9,13H,4-5,10H2,1-3H3,(H,19,20). The maximum atomic E-state index is 12.4. The monoisotopic (exact) mass is 275 g/mol. The molecule has 1 heterocycles. The van der Waals surface area contributed by atoms with Crippen LogP contribution in [-0.2, 0) is 10.2 Å². The second-order valence-electron chi connectivity index (χ2n) is 6.32. The Balaban J connectivity index is 2.19. The van der Waals surface area contributed by atoms with Crippen molar-refractivity contribution in [2.75, 3.05) is 6.54 Å². The largest absolute Gasteiger partial charge is 0.480 e. The maximum Gasteiger partial charge on any atom is 0.326 e. The first-order valence-electron chi connectivity index (χ1n) is 6.95. The Morgan fingerprint density at radius 3 is 2.30 bits per heavy atom. The Hall–Kier alpha value is -1.84. The number of carbonyl (C=O) groups excluding carboxylic acids is 1. The zero-order chi connectivity index (χ0) is 14.9. The van der Waals surface area contributed by atoms with Crippen molar-refractivity contribution in [1.82, 2.24) is 4.90 Å². The summed E-state index contributed by atoms with van der Waals surface area (Å²) in [5.41, 5.74) is 1.76. The summed E-state index contributed by atoms with van der Waals surface area (Å²) in [6.07, 6.45) is 1.30. The molecule has 1 atom stereocenters. The molecule has 4 heteroatoms. The van der Waals surface area contributed by atoms with Gasteiger partial charge in [-0.1, -0.05) is 32.9 Å². The molecular weight excluding hydrogens is 254 g/mol. The van der Waals surface area contributed by atoms with Gasteiger partial charge in [-0.15, -0.1) is 0 Å². The number of carboxylic acids is 1. The van der Waals surface area contributed by atoms with E-state index in [0.717, 1.165) is 12.0 Å². The van der Waals surface area contributed by atoms with E-state index in [1.807, 2.05) is 12.1 Å². The van der Waals surface area contributed by atoms with E-state index < -0.39 is 12.0 Å². The lowest BCUT2D eigenvalue weighted by Gasteiger charge is -2.23. The highest BCUT2D eigenvalue weighted by Gasteiger charge is 2.34. The number of carboxylic acid groups (broad SMARTS) is 1. The van der Waals surface area contributed by atoms with Gasteiger partial charge in [-0.3, -0.25) is 4.79 Å². The molecule has 0 aromatic heterocycles. The van der Waals surface area contributed by atoms with Gasteiger partial charge in [0.25, 0.3) is 5.91 Å². The van der Waals surface area contributed by atoms with Crippen LogP contribution in [0.25, 0.3) is 0 Å². The van der Waals surface area contributed by atoms with E-state index in [1.54, 1.807) is 12.1 Å². The third-order valence-electron chi connectivity index (χ3n) is 3.80. The molecule has 1 aliphatic rings. The van der Waals surface area contributed by atoms with Crippen LogP contribution in [0.3, 0.4) is 0 Å². The fourth-order valence-electron chi connectivity index (χ4n) is 2.55. The summed E-state index contributed by atoms with van der Waals surface area (Å²) in [6.45, 7) is 6.87. The van der Waals surface area contributed by atoms with Crippen LogP contribution in [0.5, 0.6) is 0 Å². The van der Waals surface area contributed by atoms with Crippen LogP contribution < -0.4 is 0 Å². The number of hydrogen-bond acceptors (Lipinski definition) is 2. The number of nitrogens with zero attached hydrogens (tertiary/aromatic N) is 1. The van der Waals surface area contributed by atoms with Crippen LogP contribution in [0.1, 0.15) is 49.5 Å². The molecule has 1 aromatic carbocycles. The summed E-state index contributed by atoms with van der Waals surface area (Å²) < 4.78 is 0. The molecule has 0 bridgehead atoms. The lowest BCUT2D eigenvalue weighted by Crippen LogP contribution is -2.40. The summed E-state index contributed by atoms with van der Waals surface area (Å²) in [6, 6.07) is 6.79. The van der Waals surface area contributed by atoms with Gasteiger partial charge in [-0.25, -0.2) is 4.79 Å². The minimum Gasteiger partial charge on any atom is -0.480 e. The predicted octanol–water partition coefficient (Wildman–Crippen LogP) is 2.67. The summed E-state index contributed by atoms with van der Waals surface area (Å²) in [4.78, 5) is 25.0. The fourth-order valence-corrected chi connectivity index (χ4v) is 2.55. The van der Waals surface area contributed by atoms with Crippen molar-refractivity contribution in [2.24, 2.45) is 0 Å². The predicted molar refractivity (Wildman–Crippen MR) is 76.8 cm³/mol. The van der Waals surface area contributed by atoms with Crippen molar-refractivity contribution in [1.29, 1.82) is 0 Å². The molecule has 1 aliphatic heterocycles. The molecule has 1 aromatic rings. The first-order valence-corrected chi connectivity index (χ1v) is 6.95. The fraction of sp³-hybridized carbons (Fsp3) is 0.500. The molecule has 4 nitrogen and oxygen atoms in total. The highest BCUT2D eigenvalue weighted by molar-refractivity contribution is 5.97. The normalized spacial score (nSPS) is 19.1. The Labute approximate surface area is 119 Å². The van der Waals surface area contributed by atoms with E-state index in [9.17, 15) is 9.59 Å². The molecule has 1 fully saturated rings. The highest BCUT2D eigenvalue weighted by atomic mass is 16.4. The molecule has 0 radical (unpaired) electrons. The molecule has 0 spiro atoms. The van der Waals surface area contributed by atoms with Gasteiger partial charge >= 0.3 is 5.97 Å². The average molecular weight is 275 g/mol. The molecule has 1 saturated heterocycles. The zero-order valence-electron chi connectivity index (χ0n) is 12.2. The van der Waals surface area contributed by atoms with Crippen molar-refractivity contribution >= 4 is 11.9 Å². The molecule has 0 saturated carbocycles. The minimum atomic E-state index is -0.915. The van der Waals surface area contributed by atoms with Gasteiger partial charge < -0.3 is 10.0 Å². The molecule has 108 valence electrons. The highest BCUT2D eigenvalue weighted by Crippen LogP contribution is 2.24. The molecular formula is C16H21NO3. The SMILES string of the molecule is CC(C)(C)c1ccc(C(=O)N2CCCC2C(=O)O)cc1. The summed E-state index contributed by atoms with van der Waals surface area (Å²) in [7, 11) is 0. The maximum absolute atomic E-state index is 12.4. The van der Waals surface area contributed by atoms with Gasteiger partial charge in [0.2, 0.25) is 0 Å². The van der Waals surface area contributed by atoms with Crippen molar-refractivity contribution < 1.29 is 14.7 Å². The van der Waals surface area contributed by atoms with E-state index >= 15 is 0 Å². The van der Waals surface area contributed by atoms with E-state index in [4.69, 9.17) is 5.11 Å². The molecule has 1 unspecified atom stereocenters. The zero-order valence-corrected chi connectivity index (χ0v) is 12.2. The van der Waals surface area contributed by atoms with Crippen LogP contribution in [0.15, 0.2) is 24.3 Å². The smallest absolute Gasteiger partial charge is 0.326 e. The third kappa shape index (κ3) is 2.84. The Morgan fingerprint density at radius 2 is 1.80 bits per heavy atom. The number of aliphatic carboxylic acids is 1. The number of hydrogen-bond donors (Lipinski definition) is 1. The van der Waals surface area contributed by atoms with Gasteiger partial charge in [-0.05, 0) is 36.0 Å². The van der Waals surface area contributed by atoms with Crippen molar-refractivity contribution in [3.05, 3.63) is 35.4 Å². The lowest BCUT2D eigenvalue weighted by atomic mass is 9.86. The third-order valence-corrected chi connectivity index (χ3v) is 3.80. The first kappa shape index (κ1) is 14.6. The summed E-state index contributed by atoms with van der Waals surface area (Å²) in [5, 5.41) is 9.14. The number of likely N-dealkylation sites (tertiary alicyclic amines) is 1. The van der Waals surface area contributed by atoms with E-state index in [0.29, 0.717) is 18.5 Å². The molecule has 0 aliphatic carbocycles. The topological polar surface area (TPSA) is 57.6 Å². The molecule has 20 heavy (non-hydrogen) atoms. The summed E-state index contributed by atoms with van der Waals surface area (Å²) >= 11 is 0. The number of carbonyl (C=O) groups is 2. The van der Waals surface area contributed by atoms with E-state index in [1.165, 1.54) is 4.90 Å². The Kier molecular flexibility index (Phi) is 3.84. The van der Waals surface area contributed by atoms with Crippen LogP contribution in [0.4, 0.5) is 0 Å². The summed E-state index contributed by atoms with van der Waals surface area (Å²) in [5.74, 6) is -1.10. The number of benzene rings is 1. The lowest BCUT2D eigenvalue weighted by molar-refractivity contribution is -0.141. The van der Waals surface area contributed by atoms with Crippen LogP contribution >= 0.6 is 0 Å². The van der Waals surface area contributed by atoms with Crippen molar-refractivity contribution in [3.63, 3.8) is 0 Å². The van der Waals surface area contributed by atoms with Crippen molar-refractivity contribution in [3.8, 4) is 0 Å². The van der Waals surface area contributed by atoms with Crippen molar-refractivity contribution in [2.45, 2.75) is 45.1 Å². The minimum absolute atomic E-state index is 0.0405. The first-order chi connectivity index (χ1) is 9.30. The number of amides is 1. The second kappa shape index (κ2) is 5.27. The number of rotatable bonds is 2. The van der Waals surface area contributed by atoms with Crippen LogP contribution in [-0.4, -0.2) is 34.5 Å². The quantitative estimate of drug-likeness (QED) is 0.902. The second-order valence-corrected chi connectivity index (χ2v) is 6.32. The van der Waals surface area contributed by atoms with Gasteiger partial charge in [0.15, 0.2) is 0 Å². The molecule has 2 rings (SSSR count). The Bertz CT molecular complexity index is 514. The van der Waals surface area contributed by atoms with E-state index in [-0.39, 0.29) is 11.3 Å². The van der Waals surface area contributed by atoms with Crippen LogP contribution in [0.2, 0.25) is 0 Å². The molecule has 1 amide bonds. The molecule has 1 N–H and O–H groups in total. The van der Waals surface area contributed by atoms with Crippen LogP contribution in [0, 0.1) is 0 Å². The average Bonchev–Trinajstić information content (AvgIpc) is 2.86. The van der Waals surface area contributed by atoms with Gasteiger partial charge in [0.05, 0.1) is 0 Å².